The molecule has 0 amide bonds. The molecule has 0 rings (SSSR count). The van der Waals surface area contributed by atoms with E-state index >= 15 is 0 Å². The van der Waals surface area contributed by atoms with Gasteiger partial charge in [0.25, 0.3) is 0 Å². The molecular weight excluding hydrogens is 156 g/mol. The van der Waals surface area contributed by atoms with Gasteiger partial charge in [-0.1, -0.05) is 13.0 Å². The van der Waals surface area contributed by atoms with E-state index in [1.54, 1.807) is 13.0 Å². The van der Waals surface area contributed by atoms with E-state index in [1.165, 1.54) is 6.92 Å². The second kappa shape index (κ2) is 4.04. The van der Waals surface area contributed by atoms with Gasteiger partial charge in [-0.25, -0.2) is 0 Å². The maximum absolute atomic E-state index is 11.1. The van der Waals surface area contributed by atoms with Gasteiger partial charge < -0.3 is 5.11 Å². The molecule has 1 unspecified atom stereocenters. The van der Waals surface area contributed by atoms with E-state index in [2.05, 4.69) is 6.58 Å². The predicted molar refractivity (Wildman–Crippen MR) is 45.9 cm³/mol. The van der Waals surface area contributed by atoms with Crippen molar-refractivity contribution < 1.29 is 14.7 Å². The Balaban J connectivity index is 4.49. The molecule has 0 fully saturated rings. The van der Waals surface area contributed by atoms with Gasteiger partial charge in [-0.2, -0.15) is 0 Å². The molecule has 0 aromatic rings. The minimum atomic E-state index is -0.949. The standard InChI is InChI=1S/C9H14O3/c1-4-5-9(3,7(2)10)6-8(11)12/h4H,1,5-6H2,2-3H3,(H,11,12). The highest BCUT2D eigenvalue weighted by molar-refractivity contribution is 5.86. The van der Waals surface area contributed by atoms with Crippen molar-refractivity contribution >= 4 is 11.8 Å². The third-order valence-electron chi connectivity index (χ3n) is 1.99. The largest absolute Gasteiger partial charge is 0.481 e. The van der Waals surface area contributed by atoms with Crippen molar-refractivity contribution in [3.63, 3.8) is 0 Å². The van der Waals surface area contributed by atoms with Gasteiger partial charge in [-0.05, 0) is 13.3 Å². The maximum Gasteiger partial charge on any atom is 0.304 e. The molecule has 3 nitrogen and oxygen atoms in total. The average molecular weight is 170 g/mol. The van der Waals surface area contributed by atoms with Crippen LogP contribution in [-0.2, 0) is 9.59 Å². The first-order valence-electron chi connectivity index (χ1n) is 3.76. The Labute approximate surface area is 72.1 Å². The Hall–Kier alpha value is -1.12. The zero-order valence-electron chi connectivity index (χ0n) is 7.46. The van der Waals surface area contributed by atoms with Crippen molar-refractivity contribution in [1.82, 2.24) is 0 Å². The number of Topliss-reactive ketones (excluding diaryl/α,β-unsaturated/α-hetero) is 1. The van der Waals surface area contributed by atoms with Crippen molar-refractivity contribution in [1.29, 1.82) is 0 Å². The molecule has 1 N–H and O–H groups in total. The summed E-state index contributed by atoms with van der Waals surface area (Å²) >= 11 is 0. The number of allylic oxidation sites excluding steroid dienone is 1. The van der Waals surface area contributed by atoms with Crippen molar-refractivity contribution in [2.24, 2.45) is 5.41 Å². The van der Waals surface area contributed by atoms with Crippen LogP contribution in [0.4, 0.5) is 0 Å². The number of carbonyl (C=O) groups excluding carboxylic acids is 1. The van der Waals surface area contributed by atoms with E-state index in [9.17, 15) is 9.59 Å². The Morgan fingerprint density at radius 2 is 2.08 bits per heavy atom. The number of carboxylic acids is 1. The van der Waals surface area contributed by atoms with Crippen molar-refractivity contribution in [3.05, 3.63) is 12.7 Å². The lowest BCUT2D eigenvalue weighted by Crippen LogP contribution is -2.27. The summed E-state index contributed by atoms with van der Waals surface area (Å²) in [6, 6.07) is 0. The molecule has 0 radical (unpaired) electrons. The first kappa shape index (κ1) is 10.9. The topological polar surface area (TPSA) is 54.4 Å². The van der Waals surface area contributed by atoms with Gasteiger partial charge in [0.2, 0.25) is 0 Å². The lowest BCUT2D eigenvalue weighted by molar-refractivity contribution is -0.143. The van der Waals surface area contributed by atoms with Crippen molar-refractivity contribution in [2.75, 3.05) is 0 Å². The normalized spacial score (nSPS) is 14.8. The molecule has 0 aliphatic carbocycles. The van der Waals surface area contributed by atoms with Crippen LogP contribution in [0.15, 0.2) is 12.7 Å². The molecule has 0 aromatic heterocycles. The predicted octanol–water partition coefficient (Wildman–Crippen LogP) is 1.63. The highest BCUT2D eigenvalue weighted by Crippen LogP contribution is 2.27. The van der Waals surface area contributed by atoms with Crippen LogP contribution in [0.2, 0.25) is 0 Å². The van der Waals surface area contributed by atoms with Crippen LogP contribution >= 0.6 is 0 Å². The number of rotatable bonds is 5. The summed E-state index contributed by atoms with van der Waals surface area (Å²) in [7, 11) is 0. The van der Waals surface area contributed by atoms with Crippen LogP contribution in [0.3, 0.4) is 0 Å². The molecule has 0 aliphatic rings. The van der Waals surface area contributed by atoms with E-state index in [0.717, 1.165) is 0 Å². The summed E-state index contributed by atoms with van der Waals surface area (Å²) in [6.45, 7) is 6.54. The quantitative estimate of drug-likeness (QED) is 0.638. The Morgan fingerprint density at radius 3 is 2.33 bits per heavy atom. The summed E-state index contributed by atoms with van der Waals surface area (Å²) in [5.74, 6) is -1.06. The number of carbonyl (C=O) groups is 2. The van der Waals surface area contributed by atoms with Gasteiger partial charge in [0.1, 0.15) is 5.78 Å². The van der Waals surface area contributed by atoms with Crippen LogP contribution in [0.25, 0.3) is 0 Å². The summed E-state index contributed by atoms with van der Waals surface area (Å²) < 4.78 is 0. The fraction of sp³-hybridized carbons (Fsp3) is 0.556. The molecule has 0 aromatic carbocycles. The highest BCUT2D eigenvalue weighted by atomic mass is 16.4. The lowest BCUT2D eigenvalue weighted by atomic mass is 9.80. The Morgan fingerprint density at radius 1 is 1.58 bits per heavy atom. The van der Waals surface area contributed by atoms with Crippen LogP contribution in [0.5, 0.6) is 0 Å². The van der Waals surface area contributed by atoms with E-state index in [1.807, 2.05) is 0 Å². The number of aliphatic carboxylic acids is 1. The molecule has 0 bridgehead atoms. The fourth-order valence-electron chi connectivity index (χ4n) is 0.993. The Bertz CT molecular complexity index is 208. The number of hydrogen-bond acceptors (Lipinski definition) is 2. The summed E-state index contributed by atoms with van der Waals surface area (Å²) in [5, 5.41) is 8.54. The minimum Gasteiger partial charge on any atom is -0.481 e. The van der Waals surface area contributed by atoms with Gasteiger partial charge in [0, 0.05) is 5.41 Å². The smallest absolute Gasteiger partial charge is 0.304 e. The second-order valence-corrected chi connectivity index (χ2v) is 3.18. The maximum atomic E-state index is 11.1. The molecular formula is C9H14O3. The molecule has 1 atom stereocenters. The Kier molecular flexibility index (Phi) is 3.67. The third-order valence-corrected chi connectivity index (χ3v) is 1.99. The highest BCUT2D eigenvalue weighted by Gasteiger charge is 2.30. The third kappa shape index (κ3) is 2.86. The molecule has 0 spiro atoms. The van der Waals surface area contributed by atoms with Gasteiger partial charge in [-0.3, -0.25) is 9.59 Å². The van der Waals surface area contributed by atoms with Gasteiger partial charge in [0.15, 0.2) is 0 Å². The zero-order chi connectivity index (χ0) is 9.78. The van der Waals surface area contributed by atoms with E-state index in [0.29, 0.717) is 6.42 Å². The molecule has 0 saturated carbocycles. The van der Waals surface area contributed by atoms with Gasteiger partial charge in [0.05, 0.1) is 6.42 Å². The van der Waals surface area contributed by atoms with Gasteiger partial charge in [-0.15, -0.1) is 6.58 Å². The summed E-state index contributed by atoms with van der Waals surface area (Å²) in [4.78, 5) is 21.5. The van der Waals surface area contributed by atoms with Crippen molar-refractivity contribution in [3.8, 4) is 0 Å². The SMILES string of the molecule is C=CCC(C)(CC(=O)O)C(C)=O. The first-order chi connectivity index (χ1) is 5.42. The molecule has 0 saturated heterocycles. The minimum absolute atomic E-state index is 0.107. The first-order valence-corrected chi connectivity index (χ1v) is 3.76. The zero-order valence-corrected chi connectivity index (χ0v) is 7.46. The number of carboxylic acid groups (broad SMARTS) is 1. The van der Waals surface area contributed by atoms with Crippen LogP contribution < -0.4 is 0 Å². The molecule has 0 heterocycles. The summed E-state index contributed by atoms with van der Waals surface area (Å²) in [6.07, 6.45) is 1.85. The van der Waals surface area contributed by atoms with Crippen molar-refractivity contribution in [2.45, 2.75) is 26.7 Å². The fourth-order valence-corrected chi connectivity index (χ4v) is 0.993. The molecule has 68 valence electrons. The second-order valence-electron chi connectivity index (χ2n) is 3.18. The van der Waals surface area contributed by atoms with E-state index in [4.69, 9.17) is 5.11 Å². The average Bonchev–Trinajstić information content (AvgIpc) is 1.85. The lowest BCUT2D eigenvalue weighted by Gasteiger charge is -2.22. The van der Waals surface area contributed by atoms with Crippen LogP contribution in [-0.4, -0.2) is 16.9 Å². The monoisotopic (exact) mass is 170 g/mol. The molecule has 0 aliphatic heterocycles. The van der Waals surface area contributed by atoms with Crippen LogP contribution in [0.1, 0.15) is 26.7 Å². The molecule has 12 heavy (non-hydrogen) atoms. The van der Waals surface area contributed by atoms with Crippen LogP contribution in [0, 0.1) is 5.41 Å². The summed E-state index contributed by atoms with van der Waals surface area (Å²) in [5.41, 5.74) is -0.784. The number of hydrogen-bond donors (Lipinski definition) is 1. The molecule has 3 heteroatoms. The number of ketones is 1. The van der Waals surface area contributed by atoms with E-state index in [-0.39, 0.29) is 12.2 Å². The van der Waals surface area contributed by atoms with Gasteiger partial charge >= 0.3 is 5.97 Å². The van der Waals surface area contributed by atoms with E-state index < -0.39 is 11.4 Å².